The third-order valence-electron chi connectivity index (χ3n) is 6.49. The van der Waals surface area contributed by atoms with E-state index in [4.69, 9.17) is 4.98 Å². The first kappa shape index (κ1) is 23.7. The van der Waals surface area contributed by atoms with Crippen LogP contribution < -0.4 is 10.6 Å². The van der Waals surface area contributed by atoms with Crippen LogP contribution in [0.2, 0.25) is 0 Å². The molecule has 8 nitrogen and oxygen atoms in total. The van der Waals surface area contributed by atoms with E-state index >= 15 is 0 Å². The van der Waals surface area contributed by atoms with Crippen LogP contribution in [0.25, 0.3) is 10.9 Å². The Labute approximate surface area is 199 Å². The molecule has 1 aromatic carbocycles. The second-order valence-electron chi connectivity index (χ2n) is 9.02. The molecule has 0 fully saturated rings. The number of aromatic nitrogens is 3. The fraction of sp³-hybridized carbons (Fsp3) is 0.462. The van der Waals surface area contributed by atoms with Gasteiger partial charge in [0.15, 0.2) is 0 Å². The lowest BCUT2D eigenvalue weighted by atomic mass is 10.0. The van der Waals surface area contributed by atoms with Gasteiger partial charge in [-0.2, -0.15) is 5.10 Å². The van der Waals surface area contributed by atoms with Gasteiger partial charge in [-0.3, -0.25) is 9.48 Å². The molecule has 0 radical (unpaired) electrons. The van der Waals surface area contributed by atoms with E-state index in [0.29, 0.717) is 17.5 Å². The van der Waals surface area contributed by atoms with Crippen molar-refractivity contribution < 1.29 is 14.7 Å². The van der Waals surface area contributed by atoms with Crippen LogP contribution >= 0.6 is 0 Å². The van der Waals surface area contributed by atoms with Crippen LogP contribution in [0.1, 0.15) is 66.6 Å². The normalized spacial score (nSPS) is 13.8. The molecule has 0 saturated heterocycles. The van der Waals surface area contributed by atoms with Crippen molar-refractivity contribution in [2.75, 3.05) is 11.9 Å². The average molecular weight is 464 g/mol. The van der Waals surface area contributed by atoms with Gasteiger partial charge in [-0.05, 0) is 49.8 Å². The maximum atomic E-state index is 12.8. The van der Waals surface area contributed by atoms with Crippen LogP contribution in [0.15, 0.2) is 36.5 Å². The number of anilines is 1. The van der Waals surface area contributed by atoms with Gasteiger partial charge in [0, 0.05) is 24.7 Å². The number of fused-ring (bicyclic) bond motifs is 2. The van der Waals surface area contributed by atoms with E-state index in [1.807, 2.05) is 6.07 Å². The number of carbonyl (C=O) groups is 2. The fourth-order valence-corrected chi connectivity index (χ4v) is 4.60. The molecule has 0 bridgehead atoms. The predicted molar refractivity (Wildman–Crippen MR) is 132 cm³/mol. The number of aliphatic carboxylic acids is 1. The van der Waals surface area contributed by atoms with Crippen LogP contribution in [0, 0.1) is 0 Å². The highest BCUT2D eigenvalue weighted by Gasteiger charge is 2.22. The van der Waals surface area contributed by atoms with Gasteiger partial charge in [0.2, 0.25) is 0 Å². The molecule has 8 heteroatoms. The van der Waals surface area contributed by atoms with E-state index < -0.39 is 12.0 Å². The van der Waals surface area contributed by atoms with Gasteiger partial charge in [-0.25, -0.2) is 9.78 Å². The van der Waals surface area contributed by atoms with Crippen LogP contribution in [-0.4, -0.2) is 44.3 Å². The summed E-state index contributed by atoms with van der Waals surface area (Å²) >= 11 is 0. The predicted octanol–water partition coefficient (Wildman–Crippen LogP) is 4.09. The molecule has 180 valence electrons. The molecule has 0 spiro atoms. The SMILES string of the molecule is Cn1ncc2cccc(C(=O)NC(CCCCCCCc3ccc4c(n3)NCCC4)C(=O)O)c21. The topological polar surface area (TPSA) is 109 Å². The fourth-order valence-electron chi connectivity index (χ4n) is 4.60. The molecule has 0 aliphatic carbocycles. The van der Waals surface area contributed by atoms with Crippen LogP contribution in [0.3, 0.4) is 0 Å². The van der Waals surface area contributed by atoms with E-state index in [0.717, 1.165) is 68.4 Å². The minimum atomic E-state index is -1.00. The number of unbranched alkanes of at least 4 members (excludes halogenated alkanes) is 4. The number of pyridine rings is 1. The molecule has 3 N–H and O–H groups in total. The number of hydrogen-bond acceptors (Lipinski definition) is 5. The van der Waals surface area contributed by atoms with E-state index in [9.17, 15) is 14.7 Å². The van der Waals surface area contributed by atoms with Crippen LogP contribution in [0.4, 0.5) is 5.82 Å². The highest BCUT2D eigenvalue weighted by molar-refractivity contribution is 6.06. The van der Waals surface area contributed by atoms with Crippen molar-refractivity contribution in [2.45, 2.75) is 63.8 Å². The van der Waals surface area contributed by atoms with Crippen molar-refractivity contribution in [1.82, 2.24) is 20.1 Å². The summed E-state index contributed by atoms with van der Waals surface area (Å²) in [5.41, 5.74) is 3.58. The van der Waals surface area contributed by atoms with Gasteiger partial charge >= 0.3 is 5.97 Å². The average Bonchev–Trinajstić information content (AvgIpc) is 3.23. The maximum absolute atomic E-state index is 12.8. The number of nitrogens with zero attached hydrogens (tertiary/aromatic N) is 3. The summed E-state index contributed by atoms with van der Waals surface area (Å²) in [6, 6.07) is 8.79. The molecule has 1 atom stereocenters. The highest BCUT2D eigenvalue weighted by atomic mass is 16.4. The van der Waals surface area contributed by atoms with Crippen molar-refractivity contribution in [2.24, 2.45) is 7.05 Å². The first-order valence-electron chi connectivity index (χ1n) is 12.2. The van der Waals surface area contributed by atoms with Crippen molar-refractivity contribution in [3.8, 4) is 0 Å². The third kappa shape index (κ3) is 5.73. The number of amides is 1. The second-order valence-corrected chi connectivity index (χ2v) is 9.02. The van der Waals surface area contributed by atoms with E-state index in [1.165, 1.54) is 12.0 Å². The molecular formula is C26H33N5O3. The highest BCUT2D eigenvalue weighted by Crippen LogP contribution is 2.21. The number of benzene rings is 1. The Morgan fingerprint density at radius 3 is 2.82 bits per heavy atom. The second kappa shape index (κ2) is 11.1. The summed E-state index contributed by atoms with van der Waals surface area (Å²) in [6.45, 7) is 1.00. The van der Waals surface area contributed by atoms with Gasteiger partial charge in [0.1, 0.15) is 11.9 Å². The molecular weight excluding hydrogens is 430 g/mol. The molecule has 1 amide bonds. The van der Waals surface area contributed by atoms with Crippen molar-refractivity contribution >= 4 is 28.6 Å². The zero-order chi connectivity index (χ0) is 23.9. The number of aryl methyl sites for hydroxylation is 3. The van der Waals surface area contributed by atoms with Crippen LogP contribution in [-0.2, 0) is 24.7 Å². The van der Waals surface area contributed by atoms with Gasteiger partial charge in [0.05, 0.1) is 17.3 Å². The summed E-state index contributed by atoms with van der Waals surface area (Å²) < 4.78 is 1.64. The lowest BCUT2D eigenvalue weighted by molar-refractivity contribution is -0.139. The zero-order valence-electron chi connectivity index (χ0n) is 19.7. The van der Waals surface area contributed by atoms with E-state index in [1.54, 1.807) is 30.1 Å². The van der Waals surface area contributed by atoms with Crippen LogP contribution in [0.5, 0.6) is 0 Å². The number of carbonyl (C=O) groups excluding carboxylic acids is 1. The molecule has 3 heterocycles. The summed E-state index contributed by atoms with van der Waals surface area (Å²) in [7, 11) is 1.77. The number of nitrogens with one attached hydrogen (secondary N) is 2. The Morgan fingerprint density at radius 1 is 1.15 bits per heavy atom. The summed E-state index contributed by atoms with van der Waals surface area (Å²) in [5.74, 6) is -0.337. The quantitative estimate of drug-likeness (QED) is 0.370. The third-order valence-corrected chi connectivity index (χ3v) is 6.49. The molecule has 3 aromatic rings. The summed E-state index contributed by atoms with van der Waals surface area (Å²) in [6.07, 6.45) is 10.2. The Kier molecular flexibility index (Phi) is 7.77. The number of rotatable bonds is 11. The summed E-state index contributed by atoms with van der Waals surface area (Å²) in [5, 5.41) is 20.7. The monoisotopic (exact) mass is 463 g/mol. The first-order chi connectivity index (χ1) is 16.5. The van der Waals surface area contributed by atoms with Gasteiger partial charge in [0.25, 0.3) is 5.91 Å². The van der Waals surface area contributed by atoms with Gasteiger partial charge < -0.3 is 15.7 Å². The molecule has 2 aromatic heterocycles. The first-order valence-corrected chi connectivity index (χ1v) is 12.2. The number of para-hydroxylation sites is 1. The van der Waals surface area contributed by atoms with E-state index in [2.05, 4.69) is 27.9 Å². The van der Waals surface area contributed by atoms with Gasteiger partial charge in [-0.1, -0.05) is 43.9 Å². The molecule has 1 unspecified atom stereocenters. The molecule has 1 aliphatic rings. The minimum Gasteiger partial charge on any atom is -0.480 e. The molecule has 0 saturated carbocycles. The smallest absolute Gasteiger partial charge is 0.326 e. The maximum Gasteiger partial charge on any atom is 0.326 e. The Balaban J connectivity index is 1.19. The summed E-state index contributed by atoms with van der Waals surface area (Å²) in [4.78, 5) is 29.3. The van der Waals surface area contributed by atoms with Crippen molar-refractivity contribution in [3.63, 3.8) is 0 Å². The standard InChI is InChI=1S/C26H33N5O3/c1-31-23-19(17-28-31)9-7-12-21(23)25(32)30-22(26(33)34)13-6-4-2-3-5-11-20-15-14-18-10-8-16-27-24(18)29-20/h7,9,12,14-15,17,22H,2-6,8,10-11,13,16H2,1H3,(H,27,29)(H,30,32)(H,33,34). The van der Waals surface area contributed by atoms with Crippen molar-refractivity contribution in [1.29, 1.82) is 0 Å². The lowest BCUT2D eigenvalue weighted by Gasteiger charge is -2.17. The number of carboxylic acids is 1. The zero-order valence-corrected chi connectivity index (χ0v) is 19.7. The Morgan fingerprint density at radius 2 is 1.97 bits per heavy atom. The largest absolute Gasteiger partial charge is 0.480 e. The number of carboxylic acid groups (broad SMARTS) is 1. The number of hydrogen-bond donors (Lipinski definition) is 3. The van der Waals surface area contributed by atoms with Crippen molar-refractivity contribution in [3.05, 3.63) is 53.3 Å². The van der Waals surface area contributed by atoms with Gasteiger partial charge in [-0.15, -0.1) is 0 Å². The molecule has 34 heavy (non-hydrogen) atoms. The Hall–Kier alpha value is -3.42. The minimum absolute atomic E-state index is 0.381. The molecule has 4 rings (SSSR count). The Bertz CT molecular complexity index is 1160. The van der Waals surface area contributed by atoms with E-state index in [-0.39, 0.29) is 5.91 Å². The molecule has 1 aliphatic heterocycles. The lowest BCUT2D eigenvalue weighted by Crippen LogP contribution is -2.40.